The Bertz CT molecular complexity index is 435. The number of rotatable bonds is 6. The van der Waals surface area contributed by atoms with Crippen molar-refractivity contribution in [2.24, 2.45) is 5.92 Å². The minimum Gasteiger partial charge on any atom is -0.480 e. The zero-order valence-corrected chi connectivity index (χ0v) is 11.6. The zero-order chi connectivity index (χ0) is 14.4. The highest BCUT2D eigenvalue weighted by Crippen LogP contribution is 2.20. The van der Waals surface area contributed by atoms with E-state index in [0.717, 1.165) is 0 Å². The number of methoxy groups -OCH3 is 2. The molecule has 0 bridgehead atoms. The first-order chi connectivity index (χ1) is 9.03. The van der Waals surface area contributed by atoms with E-state index in [0.29, 0.717) is 5.82 Å². The molecular formula is C13H20N2O4. The summed E-state index contributed by atoms with van der Waals surface area (Å²) in [7, 11) is 2.74. The number of aromatic nitrogens is 1. The molecule has 1 rings (SSSR count). The Morgan fingerprint density at radius 2 is 2.11 bits per heavy atom. The summed E-state index contributed by atoms with van der Waals surface area (Å²) in [5.41, 5.74) is 0.264. The van der Waals surface area contributed by atoms with E-state index >= 15 is 0 Å². The molecule has 0 aliphatic carbocycles. The van der Waals surface area contributed by atoms with Crippen LogP contribution in [0.4, 0.5) is 5.82 Å². The van der Waals surface area contributed by atoms with E-state index in [9.17, 15) is 9.90 Å². The van der Waals surface area contributed by atoms with Crippen molar-refractivity contribution >= 4 is 11.8 Å². The number of hydrogen-bond acceptors (Lipinski definition) is 6. The van der Waals surface area contributed by atoms with Gasteiger partial charge in [0.2, 0.25) is 5.88 Å². The van der Waals surface area contributed by atoms with Crippen LogP contribution < -0.4 is 10.1 Å². The number of carbonyl (C=O) groups excluding carboxylic acids is 1. The first-order valence-corrected chi connectivity index (χ1v) is 6.04. The van der Waals surface area contributed by atoms with Crippen LogP contribution in [0.5, 0.6) is 5.88 Å². The fourth-order valence-electron chi connectivity index (χ4n) is 1.55. The van der Waals surface area contributed by atoms with Gasteiger partial charge in [0.1, 0.15) is 11.4 Å². The van der Waals surface area contributed by atoms with Crippen LogP contribution >= 0.6 is 0 Å². The van der Waals surface area contributed by atoms with Crippen LogP contribution in [0.2, 0.25) is 0 Å². The third-order valence-electron chi connectivity index (χ3n) is 2.79. The van der Waals surface area contributed by atoms with Crippen molar-refractivity contribution in [3.05, 3.63) is 17.7 Å². The summed E-state index contributed by atoms with van der Waals surface area (Å²) in [5.74, 6) is 0.478. The SMILES string of the molecule is COC(=O)c1ccc(N[C@H](CO)C(C)C)nc1OC. The van der Waals surface area contributed by atoms with E-state index in [1.54, 1.807) is 12.1 Å². The van der Waals surface area contributed by atoms with Gasteiger partial charge in [-0.05, 0) is 18.1 Å². The second-order valence-electron chi connectivity index (χ2n) is 4.42. The van der Waals surface area contributed by atoms with E-state index in [-0.39, 0.29) is 30.0 Å². The molecule has 0 spiro atoms. The molecule has 2 N–H and O–H groups in total. The number of pyridine rings is 1. The molecule has 0 fully saturated rings. The average Bonchev–Trinajstić information content (AvgIpc) is 2.43. The summed E-state index contributed by atoms with van der Waals surface area (Å²) in [6.45, 7) is 3.99. The number of ether oxygens (including phenoxy) is 2. The van der Waals surface area contributed by atoms with E-state index in [4.69, 9.17) is 4.74 Å². The van der Waals surface area contributed by atoms with Crippen LogP contribution in [-0.2, 0) is 4.74 Å². The first-order valence-electron chi connectivity index (χ1n) is 6.04. The number of hydrogen-bond donors (Lipinski definition) is 2. The van der Waals surface area contributed by atoms with E-state index in [1.807, 2.05) is 13.8 Å². The quantitative estimate of drug-likeness (QED) is 0.757. The lowest BCUT2D eigenvalue weighted by Gasteiger charge is -2.20. The van der Waals surface area contributed by atoms with Crippen LogP contribution in [0.15, 0.2) is 12.1 Å². The average molecular weight is 268 g/mol. The minimum absolute atomic E-state index is 0.000412. The summed E-state index contributed by atoms with van der Waals surface area (Å²) in [6.07, 6.45) is 0. The summed E-state index contributed by atoms with van der Waals surface area (Å²) < 4.78 is 9.71. The molecule has 19 heavy (non-hydrogen) atoms. The highest BCUT2D eigenvalue weighted by atomic mass is 16.5. The van der Waals surface area contributed by atoms with Gasteiger partial charge in [-0.2, -0.15) is 4.98 Å². The molecule has 0 saturated heterocycles. The topological polar surface area (TPSA) is 80.7 Å². The van der Waals surface area contributed by atoms with Crippen LogP contribution in [0, 0.1) is 5.92 Å². The van der Waals surface area contributed by atoms with Crippen molar-refractivity contribution in [1.29, 1.82) is 0 Å². The van der Waals surface area contributed by atoms with Gasteiger partial charge in [0, 0.05) is 0 Å². The molecule has 1 aromatic rings. The van der Waals surface area contributed by atoms with Crippen LogP contribution in [0.25, 0.3) is 0 Å². The maximum absolute atomic E-state index is 11.5. The lowest BCUT2D eigenvalue weighted by Crippen LogP contribution is -2.29. The summed E-state index contributed by atoms with van der Waals surface area (Å²) in [5, 5.41) is 12.4. The first kappa shape index (κ1) is 15.2. The highest BCUT2D eigenvalue weighted by molar-refractivity contribution is 5.92. The van der Waals surface area contributed by atoms with Gasteiger partial charge in [0.15, 0.2) is 0 Å². The smallest absolute Gasteiger partial charge is 0.343 e. The van der Waals surface area contributed by atoms with Gasteiger partial charge in [-0.25, -0.2) is 4.79 Å². The van der Waals surface area contributed by atoms with Gasteiger partial charge < -0.3 is 19.9 Å². The molecule has 6 heteroatoms. The van der Waals surface area contributed by atoms with Gasteiger partial charge in [0.05, 0.1) is 26.9 Å². The molecule has 0 aliphatic rings. The van der Waals surface area contributed by atoms with Gasteiger partial charge in [-0.3, -0.25) is 0 Å². The molecule has 6 nitrogen and oxygen atoms in total. The Kier molecular flexibility index (Phi) is 5.57. The van der Waals surface area contributed by atoms with Crippen molar-refractivity contribution in [2.75, 3.05) is 26.1 Å². The molecule has 1 heterocycles. The van der Waals surface area contributed by atoms with Gasteiger partial charge >= 0.3 is 5.97 Å². The Morgan fingerprint density at radius 3 is 2.58 bits per heavy atom. The summed E-state index contributed by atoms with van der Waals surface area (Å²) >= 11 is 0. The van der Waals surface area contributed by atoms with Crippen molar-refractivity contribution in [1.82, 2.24) is 4.98 Å². The second kappa shape index (κ2) is 6.94. The standard InChI is InChI=1S/C13H20N2O4/c1-8(2)10(7-16)14-11-6-5-9(13(17)19-4)12(15-11)18-3/h5-6,8,10,16H,7H2,1-4H3,(H,14,15)/t10-/m1/s1. The third kappa shape index (κ3) is 3.82. The maximum Gasteiger partial charge on any atom is 0.343 e. The number of esters is 1. The Balaban J connectivity index is 2.96. The number of anilines is 1. The molecule has 0 saturated carbocycles. The van der Waals surface area contributed by atoms with Crippen molar-refractivity contribution < 1.29 is 19.4 Å². The molecule has 0 unspecified atom stereocenters. The van der Waals surface area contributed by atoms with Gasteiger partial charge in [-0.1, -0.05) is 13.8 Å². The lowest BCUT2D eigenvalue weighted by molar-refractivity contribution is 0.0596. The molecule has 0 aromatic carbocycles. The van der Waals surface area contributed by atoms with Crippen molar-refractivity contribution in [3.8, 4) is 5.88 Å². The summed E-state index contributed by atoms with van der Waals surface area (Å²) in [6, 6.07) is 3.12. The fourth-order valence-corrected chi connectivity index (χ4v) is 1.55. The molecule has 0 amide bonds. The number of aliphatic hydroxyl groups excluding tert-OH is 1. The second-order valence-corrected chi connectivity index (χ2v) is 4.42. The molecule has 1 aromatic heterocycles. The Morgan fingerprint density at radius 1 is 1.42 bits per heavy atom. The molecule has 0 radical (unpaired) electrons. The Labute approximate surface area is 112 Å². The highest BCUT2D eigenvalue weighted by Gasteiger charge is 2.17. The normalized spacial score (nSPS) is 12.1. The molecule has 0 aliphatic heterocycles. The minimum atomic E-state index is -0.501. The largest absolute Gasteiger partial charge is 0.480 e. The van der Waals surface area contributed by atoms with E-state index in [2.05, 4.69) is 15.0 Å². The number of carbonyl (C=O) groups is 1. The maximum atomic E-state index is 11.5. The number of nitrogens with one attached hydrogen (secondary N) is 1. The number of nitrogens with zero attached hydrogens (tertiary/aromatic N) is 1. The van der Waals surface area contributed by atoms with Crippen LogP contribution in [-0.4, -0.2) is 42.9 Å². The molecular weight excluding hydrogens is 248 g/mol. The monoisotopic (exact) mass is 268 g/mol. The number of aliphatic hydroxyl groups is 1. The van der Waals surface area contributed by atoms with Gasteiger partial charge in [0.25, 0.3) is 0 Å². The molecule has 1 atom stereocenters. The van der Waals surface area contributed by atoms with E-state index < -0.39 is 5.97 Å². The predicted molar refractivity (Wildman–Crippen MR) is 71.5 cm³/mol. The lowest BCUT2D eigenvalue weighted by atomic mass is 10.1. The van der Waals surface area contributed by atoms with Crippen molar-refractivity contribution in [2.45, 2.75) is 19.9 Å². The Hall–Kier alpha value is -1.82. The third-order valence-corrected chi connectivity index (χ3v) is 2.79. The fraction of sp³-hybridized carbons (Fsp3) is 0.538. The van der Waals surface area contributed by atoms with Gasteiger partial charge in [-0.15, -0.1) is 0 Å². The molecule has 106 valence electrons. The van der Waals surface area contributed by atoms with Crippen LogP contribution in [0.3, 0.4) is 0 Å². The zero-order valence-electron chi connectivity index (χ0n) is 11.6. The summed E-state index contributed by atoms with van der Waals surface area (Å²) in [4.78, 5) is 15.7. The predicted octanol–water partition coefficient (Wildman–Crippen LogP) is 1.31. The van der Waals surface area contributed by atoms with E-state index in [1.165, 1.54) is 14.2 Å². The van der Waals surface area contributed by atoms with Crippen molar-refractivity contribution in [3.63, 3.8) is 0 Å². The van der Waals surface area contributed by atoms with Crippen LogP contribution in [0.1, 0.15) is 24.2 Å².